The molecule has 0 spiro atoms. The molecule has 1 fully saturated rings. The first-order chi connectivity index (χ1) is 20.9. The predicted octanol–water partition coefficient (Wildman–Crippen LogP) is 3.83. The summed E-state index contributed by atoms with van der Waals surface area (Å²) in [4.78, 5) is 40.9. The highest BCUT2D eigenvalue weighted by Crippen LogP contribution is 2.47. The van der Waals surface area contributed by atoms with Gasteiger partial charge in [0, 0.05) is 12.6 Å². The third kappa shape index (κ3) is 9.41. The van der Waals surface area contributed by atoms with Crippen LogP contribution in [0.4, 0.5) is 10.2 Å². The molecule has 6 atom stereocenters. The molecule has 2 aromatic rings. The van der Waals surface area contributed by atoms with Crippen LogP contribution in [-0.4, -0.2) is 63.7 Å². The molecule has 13 nitrogen and oxygen atoms in total. The minimum atomic E-state index is -4.35. The first-order valence-electron chi connectivity index (χ1n) is 14.0. The van der Waals surface area contributed by atoms with Gasteiger partial charge in [0.15, 0.2) is 11.9 Å². The second-order valence-electron chi connectivity index (χ2n) is 10.1. The molecule has 240 valence electrons. The second kappa shape index (κ2) is 15.9. The maximum absolute atomic E-state index is 15.8. The van der Waals surface area contributed by atoms with Crippen LogP contribution < -0.4 is 20.6 Å². The van der Waals surface area contributed by atoms with Crippen molar-refractivity contribution >= 4 is 25.4 Å². The van der Waals surface area contributed by atoms with E-state index in [0.29, 0.717) is 19.3 Å². The average Bonchev–Trinajstić information content (AvgIpc) is 3.21. The summed E-state index contributed by atoms with van der Waals surface area (Å²) >= 11 is 0. The maximum atomic E-state index is 15.8. The Kier molecular flexibility index (Phi) is 12.6. The number of amides is 1. The van der Waals surface area contributed by atoms with E-state index in [4.69, 9.17) is 18.5 Å². The number of anilines is 1. The number of allylic oxidation sites excluding steroid dienone is 2. The number of aromatic nitrogens is 2. The number of carbonyl (C=O) groups is 2. The van der Waals surface area contributed by atoms with Gasteiger partial charge in [-0.3, -0.25) is 18.7 Å². The Morgan fingerprint density at radius 2 is 1.95 bits per heavy atom. The molecule has 1 aromatic heterocycles. The predicted molar refractivity (Wildman–Crippen MR) is 160 cm³/mol. The lowest BCUT2D eigenvalue weighted by atomic mass is 9.98. The summed E-state index contributed by atoms with van der Waals surface area (Å²) in [5.41, 5.74) is -3.47. The number of nitrogens with zero attached hydrogens (tertiary/aromatic N) is 2. The number of hydrogen-bond acceptors (Lipinski definition) is 10. The van der Waals surface area contributed by atoms with Crippen LogP contribution in [-0.2, 0) is 28.2 Å². The number of alkyl halides is 1. The number of halogens is 1. The minimum absolute atomic E-state index is 0.0438. The van der Waals surface area contributed by atoms with Gasteiger partial charge in [0.25, 0.3) is 0 Å². The molecule has 0 radical (unpaired) electrons. The molecule has 2 heterocycles. The Bertz CT molecular complexity index is 1400. The Labute approximate surface area is 254 Å². The molecule has 1 amide bonds. The highest BCUT2D eigenvalue weighted by atomic mass is 31.2. The fraction of sp³-hybridized carbons (Fsp3) is 0.448. The van der Waals surface area contributed by atoms with Crippen LogP contribution in [0.2, 0.25) is 0 Å². The largest absolute Gasteiger partial charge is 0.465 e. The lowest BCUT2D eigenvalue weighted by Crippen LogP contribution is -2.43. The number of rotatable bonds is 17. The number of aliphatic hydroxyl groups excluding tert-OH is 1. The molecule has 1 aliphatic heterocycles. The van der Waals surface area contributed by atoms with Gasteiger partial charge in [0.05, 0.1) is 13.2 Å². The summed E-state index contributed by atoms with van der Waals surface area (Å²) in [7, 11) is -4.35. The van der Waals surface area contributed by atoms with E-state index < -0.39 is 56.2 Å². The summed E-state index contributed by atoms with van der Waals surface area (Å²) in [6, 6.07) is 8.13. The van der Waals surface area contributed by atoms with Crippen molar-refractivity contribution < 1.29 is 42.2 Å². The lowest BCUT2D eigenvalue weighted by Gasteiger charge is -2.25. The SMILES string of the molecule is C=CCCCOC(=O)C(C)NP(=O)(OCC1OC(n2ccc(NC(=O)CCC=C)nc2=O)C(C)(F)C1O)Oc1ccccc1. The Balaban J connectivity index is 1.73. The van der Waals surface area contributed by atoms with E-state index in [0.717, 1.165) is 11.5 Å². The van der Waals surface area contributed by atoms with Gasteiger partial charge in [0.2, 0.25) is 5.91 Å². The van der Waals surface area contributed by atoms with Crippen LogP contribution in [0.5, 0.6) is 5.75 Å². The van der Waals surface area contributed by atoms with Crippen molar-refractivity contribution in [3.05, 3.63) is 78.4 Å². The molecule has 1 aliphatic rings. The molecule has 1 saturated heterocycles. The molecule has 44 heavy (non-hydrogen) atoms. The fourth-order valence-corrected chi connectivity index (χ4v) is 5.65. The standard InChI is InChI=1S/C29H38FN4O9P/c1-5-7-12-18-40-26(37)20(3)33-44(39,43-21-13-10-9-11-14-21)41-19-22-25(36)29(4,30)27(42-22)34-17-16-23(32-28(34)38)31-24(35)15-8-6-2/h5-6,9-11,13-14,16-17,20,22,25,27,36H,1-2,7-8,12,15,18-19H2,3-4H3,(H,33,39)(H,31,32,35,38). The molecular weight excluding hydrogens is 598 g/mol. The number of esters is 1. The fourth-order valence-electron chi connectivity index (χ4n) is 4.15. The summed E-state index contributed by atoms with van der Waals surface area (Å²) < 4.78 is 52.4. The van der Waals surface area contributed by atoms with E-state index in [1.54, 1.807) is 30.4 Å². The second-order valence-corrected chi connectivity index (χ2v) is 11.8. The zero-order valence-corrected chi connectivity index (χ0v) is 25.5. The number of para-hydroxylation sites is 1. The van der Waals surface area contributed by atoms with E-state index in [1.165, 1.54) is 31.3 Å². The van der Waals surface area contributed by atoms with Gasteiger partial charge in [-0.25, -0.2) is 13.8 Å². The number of ether oxygens (including phenoxy) is 2. The van der Waals surface area contributed by atoms with Crippen LogP contribution >= 0.6 is 7.75 Å². The monoisotopic (exact) mass is 636 g/mol. The summed E-state index contributed by atoms with van der Waals surface area (Å²) in [6.07, 6.45) is 1.29. The van der Waals surface area contributed by atoms with Gasteiger partial charge >= 0.3 is 19.4 Å². The van der Waals surface area contributed by atoms with Gasteiger partial charge in [-0.1, -0.05) is 30.4 Å². The Hall–Kier alpha value is -3.68. The van der Waals surface area contributed by atoms with E-state index in [9.17, 15) is 24.1 Å². The van der Waals surface area contributed by atoms with E-state index in [2.05, 4.69) is 28.5 Å². The van der Waals surface area contributed by atoms with Crippen LogP contribution in [0, 0.1) is 0 Å². The molecule has 0 aliphatic carbocycles. The van der Waals surface area contributed by atoms with E-state index in [1.807, 2.05) is 0 Å². The van der Waals surface area contributed by atoms with E-state index in [-0.39, 0.29) is 30.5 Å². The van der Waals surface area contributed by atoms with Crippen molar-refractivity contribution in [2.45, 2.75) is 69.7 Å². The highest BCUT2D eigenvalue weighted by molar-refractivity contribution is 7.52. The zero-order chi connectivity index (χ0) is 32.3. The smallest absolute Gasteiger partial charge is 0.459 e. The van der Waals surface area contributed by atoms with Gasteiger partial charge in [0.1, 0.15) is 29.8 Å². The Morgan fingerprint density at radius 3 is 2.61 bits per heavy atom. The summed E-state index contributed by atoms with van der Waals surface area (Å²) in [6.45, 7) is 9.04. The third-order valence-electron chi connectivity index (χ3n) is 6.52. The number of hydrogen-bond donors (Lipinski definition) is 3. The third-order valence-corrected chi connectivity index (χ3v) is 8.17. The van der Waals surface area contributed by atoms with Gasteiger partial charge in [-0.2, -0.15) is 10.1 Å². The molecule has 15 heteroatoms. The first kappa shape index (κ1) is 34.8. The van der Waals surface area contributed by atoms with Crippen LogP contribution in [0.3, 0.4) is 0 Å². The number of nitrogens with one attached hydrogen (secondary N) is 2. The molecule has 1 aromatic carbocycles. The number of carbonyl (C=O) groups excluding carboxylic acids is 2. The minimum Gasteiger partial charge on any atom is -0.465 e. The number of unbranched alkanes of at least 4 members (excludes halogenated alkanes) is 1. The van der Waals surface area contributed by atoms with Crippen molar-refractivity contribution in [2.75, 3.05) is 18.5 Å². The van der Waals surface area contributed by atoms with Crippen molar-refractivity contribution in [2.24, 2.45) is 0 Å². The van der Waals surface area contributed by atoms with Crippen LogP contribution in [0.1, 0.15) is 45.8 Å². The molecule has 3 rings (SSSR count). The molecule has 6 unspecified atom stereocenters. The Morgan fingerprint density at radius 1 is 1.25 bits per heavy atom. The summed E-state index contributed by atoms with van der Waals surface area (Å²) in [5.74, 6) is -1.00. The summed E-state index contributed by atoms with van der Waals surface area (Å²) in [5, 5.41) is 15.8. The number of aliphatic hydroxyl groups is 1. The first-order valence-corrected chi connectivity index (χ1v) is 15.5. The van der Waals surface area contributed by atoms with Crippen molar-refractivity contribution in [1.82, 2.24) is 14.6 Å². The molecule has 0 bridgehead atoms. The lowest BCUT2D eigenvalue weighted by molar-refractivity contribution is -0.145. The van der Waals surface area contributed by atoms with Crippen LogP contribution in [0.25, 0.3) is 0 Å². The molecular formula is C29H38FN4O9P. The van der Waals surface area contributed by atoms with Crippen molar-refractivity contribution in [3.8, 4) is 5.75 Å². The number of benzene rings is 1. The normalized spacial score (nSPS) is 23.2. The van der Waals surface area contributed by atoms with Crippen molar-refractivity contribution in [1.29, 1.82) is 0 Å². The highest BCUT2D eigenvalue weighted by Gasteiger charge is 2.56. The van der Waals surface area contributed by atoms with Crippen LogP contribution in [0.15, 0.2) is 72.7 Å². The topological polar surface area (TPSA) is 167 Å². The average molecular weight is 637 g/mol. The van der Waals surface area contributed by atoms with Crippen molar-refractivity contribution in [3.63, 3.8) is 0 Å². The van der Waals surface area contributed by atoms with Gasteiger partial charge < -0.3 is 24.4 Å². The molecule has 0 saturated carbocycles. The van der Waals surface area contributed by atoms with Gasteiger partial charge in [-0.05, 0) is 51.3 Å². The quantitative estimate of drug-likeness (QED) is 0.0999. The van der Waals surface area contributed by atoms with Gasteiger partial charge in [-0.15, -0.1) is 13.2 Å². The maximum Gasteiger partial charge on any atom is 0.459 e. The zero-order valence-electron chi connectivity index (χ0n) is 24.6. The van der Waals surface area contributed by atoms with E-state index >= 15 is 4.39 Å². The molecule has 3 N–H and O–H groups in total.